The average molecular weight is 243 g/mol. The molecule has 2 atom stereocenters. The molecule has 0 aliphatic carbocycles. The number of nitrogens with one attached hydrogen (secondary N) is 1. The van der Waals surface area contributed by atoms with Crippen LogP contribution in [-0.2, 0) is 9.53 Å². The normalized spacial score (nSPS) is 24.6. The number of hydrogen-bond donors (Lipinski definition) is 1. The number of hydrogen-bond acceptors (Lipinski definition) is 5. The van der Waals surface area contributed by atoms with Gasteiger partial charge in [0.25, 0.3) is 0 Å². The molecule has 0 spiro atoms. The maximum absolute atomic E-state index is 11.7. The standard InChI is InChI=1S/C12H25N3O2/c1-5-17-12(16)11(13-3)9-15-7-6-14(4)10(2)8-15/h10-11,13H,5-9H2,1-4H3. The van der Waals surface area contributed by atoms with Crippen molar-refractivity contribution in [3.8, 4) is 0 Å². The average Bonchev–Trinajstić information content (AvgIpc) is 2.30. The van der Waals surface area contributed by atoms with Gasteiger partial charge in [0, 0.05) is 32.2 Å². The van der Waals surface area contributed by atoms with Crippen molar-refractivity contribution in [1.82, 2.24) is 15.1 Å². The van der Waals surface area contributed by atoms with Crippen molar-refractivity contribution in [3.05, 3.63) is 0 Å². The van der Waals surface area contributed by atoms with Crippen LogP contribution >= 0.6 is 0 Å². The van der Waals surface area contributed by atoms with Crippen molar-refractivity contribution in [1.29, 1.82) is 0 Å². The van der Waals surface area contributed by atoms with Gasteiger partial charge >= 0.3 is 5.97 Å². The Morgan fingerprint density at radius 2 is 2.24 bits per heavy atom. The molecular weight excluding hydrogens is 218 g/mol. The van der Waals surface area contributed by atoms with Gasteiger partial charge in [-0.3, -0.25) is 9.69 Å². The molecule has 5 nitrogen and oxygen atoms in total. The van der Waals surface area contributed by atoms with Crippen LogP contribution < -0.4 is 5.32 Å². The highest BCUT2D eigenvalue weighted by molar-refractivity contribution is 5.76. The first-order valence-corrected chi connectivity index (χ1v) is 6.35. The second-order valence-electron chi connectivity index (χ2n) is 4.68. The van der Waals surface area contributed by atoms with Gasteiger partial charge in [-0.1, -0.05) is 0 Å². The van der Waals surface area contributed by atoms with Crippen LogP contribution in [0.2, 0.25) is 0 Å². The van der Waals surface area contributed by atoms with Crippen molar-refractivity contribution in [3.63, 3.8) is 0 Å². The largest absolute Gasteiger partial charge is 0.465 e. The number of carbonyl (C=O) groups excluding carboxylic acids is 1. The van der Waals surface area contributed by atoms with Crippen LogP contribution in [0.1, 0.15) is 13.8 Å². The van der Waals surface area contributed by atoms with E-state index >= 15 is 0 Å². The summed E-state index contributed by atoms with van der Waals surface area (Å²) in [6.07, 6.45) is 0. The Morgan fingerprint density at radius 1 is 1.53 bits per heavy atom. The van der Waals surface area contributed by atoms with Gasteiger partial charge in [0.15, 0.2) is 0 Å². The van der Waals surface area contributed by atoms with E-state index in [1.54, 1.807) is 7.05 Å². The van der Waals surface area contributed by atoms with Gasteiger partial charge in [-0.2, -0.15) is 0 Å². The van der Waals surface area contributed by atoms with Gasteiger partial charge in [0.1, 0.15) is 6.04 Å². The first kappa shape index (κ1) is 14.4. The molecule has 0 bridgehead atoms. The van der Waals surface area contributed by atoms with Crippen LogP contribution in [0.25, 0.3) is 0 Å². The number of likely N-dealkylation sites (N-methyl/N-ethyl adjacent to an activating group) is 2. The Bertz CT molecular complexity index is 248. The Morgan fingerprint density at radius 3 is 2.76 bits per heavy atom. The zero-order valence-corrected chi connectivity index (χ0v) is 11.4. The molecule has 0 aromatic heterocycles. The highest BCUT2D eigenvalue weighted by Crippen LogP contribution is 2.07. The van der Waals surface area contributed by atoms with Gasteiger partial charge in [0.05, 0.1) is 6.61 Å². The molecule has 1 heterocycles. The molecule has 2 unspecified atom stereocenters. The highest BCUT2D eigenvalue weighted by Gasteiger charge is 2.25. The van der Waals surface area contributed by atoms with Crippen LogP contribution in [0.4, 0.5) is 0 Å². The summed E-state index contributed by atoms with van der Waals surface area (Å²) in [5.41, 5.74) is 0. The van der Waals surface area contributed by atoms with Gasteiger partial charge in [-0.05, 0) is 27.9 Å². The van der Waals surface area contributed by atoms with Crippen molar-refractivity contribution >= 4 is 5.97 Å². The van der Waals surface area contributed by atoms with E-state index in [1.807, 2.05) is 6.92 Å². The molecule has 1 aliphatic rings. The third kappa shape index (κ3) is 4.26. The van der Waals surface area contributed by atoms with Gasteiger partial charge in [-0.25, -0.2) is 0 Å². The fourth-order valence-electron chi connectivity index (χ4n) is 2.07. The Kier molecular flexibility index (Phi) is 5.88. The lowest BCUT2D eigenvalue weighted by molar-refractivity contribution is -0.146. The van der Waals surface area contributed by atoms with E-state index in [0.717, 1.165) is 26.2 Å². The molecule has 5 heteroatoms. The van der Waals surface area contributed by atoms with Crippen LogP contribution in [-0.4, -0.2) is 74.7 Å². The summed E-state index contributed by atoms with van der Waals surface area (Å²) in [6, 6.07) is 0.328. The summed E-state index contributed by atoms with van der Waals surface area (Å²) >= 11 is 0. The topological polar surface area (TPSA) is 44.8 Å². The van der Waals surface area contributed by atoms with E-state index in [1.165, 1.54) is 0 Å². The first-order valence-electron chi connectivity index (χ1n) is 6.35. The monoisotopic (exact) mass is 243 g/mol. The zero-order valence-electron chi connectivity index (χ0n) is 11.4. The fourth-order valence-corrected chi connectivity index (χ4v) is 2.07. The minimum absolute atomic E-state index is 0.151. The molecule has 0 amide bonds. The molecule has 1 saturated heterocycles. The maximum atomic E-state index is 11.7. The van der Waals surface area contributed by atoms with E-state index in [0.29, 0.717) is 12.6 Å². The van der Waals surface area contributed by atoms with Crippen molar-refractivity contribution in [2.24, 2.45) is 0 Å². The van der Waals surface area contributed by atoms with Crippen LogP contribution in [0, 0.1) is 0 Å². The summed E-state index contributed by atoms with van der Waals surface area (Å²) in [6.45, 7) is 8.30. The molecule has 17 heavy (non-hydrogen) atoms. The molecule has 100 valence electrons. The number of ether oxygens (including phenoxy) is 1. The lowest BCUT2D eigenvalue weighted by Crippen LogP contribution is -2.54. The molecule has 0 saturated carbocycles. The highest BCUT2D eigenvalue weighted by atomic mass is 16.5. The Hall–Kier alpha value is -0.650. The van der Waals surface area contributed by atoms with E-state index < -0.39 is 0 Å². The summed E-state index contributed by atoms with van der Waals surface area (Å²) in [4.78, 5) is 16.3. The second-order valence-corrected chi connectivity index (χ2v) is 4.68. The Labute approximate surface area is 104 Å². The van der Waals surface area contributed by atoms with Gasteiger partial charge < -0.3 is 15.0 Å². The van der Waals surface area contributed by atoms with Gasteiger partial charge in [-0.15, -0.1) is 0 Å². The molecule has 0 aromatic carbocycles. The molecule has 0 radical (unpaired) electrons. The van der Waals surface area contributed by atoms with Gasteiger partial charge in [0.2, 0.25) is 0 Å². The summed E-state index contributed by atoms with van der Waals surface area (Å²) < 4.78 is 5.05. The van der Waals surface area contributed by atoms with E-state index in [9.17, 15) is 4.79 Å². The lowest BCUT2D eigenvalue weighted by atomic mass is 10.2. The van der Waals surface area contributed by atoms with Crippen molar-refractivity contribution in [2.45, 2.75) is 25.9 Å². The van der Waals surface area contributed by atoms with Crippen LogP contribution in [0.3, 0.4) is 0 Å². The first-order chi connectivity index (χ1) is 8.08. The quantitative estimate of drug-likeness (QED) is 0.676. The minimum Gasteiger partial charge on any atom is -0.465 e. The predicted octanol–water partition coefficient (Wildman–Crippen LogP) is -0.227. The summed E-state index contributed by atoms with van der Waals surface area (Å²) in [5.74, 6) is -0.151. The molecule has 1 rings (SSSR count). The predicted molar refractivity (Wildman–Crippen MR) is 68.0 cm³/mol. The van der Waals surface area contributed by atoms with E-state index in [-0.39, 0.29) is 12.0 Å². The van der Waals surface area contributed by atoms with Crippen LogP contribution in [0.15, 0.2) is 0 Å². The number of carbonyl (C=O) groups is 1. The third-order valence-corrected chi connectivity index (χ3v) is 3.40. The van der Waals surface area contributed by atoms with E-state index in [4.69, 9.17) is 4.74 Å². The van der Waals surface area contributed by atoms with Crippen LogP contribution in [0.5, 0.6) is 0 Å². The maximum Gasteiger partial charge on any atom is 0.324 e. The summed E-state index contributed by atoms with van der Waals surface area (Å²) in [5, 5.41) is 3.03. The SMILES string of the molecule is CCOC(=O)C(CN1CCN(C)C(C)C1)NC. The minimum atomic E-state index is -0.217. The lowest BCUT2D eigenvalue weighted by Gasteiger charge is -2.38. The third-order valence-electron chi connectivity index (χ3n) is 3.40. The zero-order chi connectivity index (χ0) is 12.8. The number of piperazine rings is 1. The smallest absolute Gasteiger partial charge is 0.324 e. The molecule has 1 N–H and O–H groups in total. The molecule has 1 fully saturated rings. The summed E-state index contributed by atoms with van der Waals surface area (Å²) in [7, 11) is 3.95. The number of esters is 1. The molecular formula is C12H25N3O2. The number of nitrogens with zero attached hydrogens (tertiary/aromatic N) is 2. The second kappa shape index (κ2) is 6.93. The van der Waals surface area contributed by atoms with Crippen molar-refractivity contribution < 1.29 is 9.53 Å². The molecule has 1 aliphatic heterocycles. The fraction of sp³-hybridized carbons (Fsp3) is 0.917. The van der Waals surface area contributed by atoms with Crippen molar-refractivity contribution in [2.75, 3.05) is 46.9 Å². The van der Waals surface area contributed by atoms with E-state index in [2.05, 4.69) is 29.1 Å². The molecule has 0 aromatic rings. The Balaban J connectivity index is 2.43. The number of rotatable bonds is 5.